The lowest BCUT2D eigenvalue weighted by Crippen LogP contribution is -2.46. The Morgan fingerprint density at radius 3 is 2.69 bits per heavy atom. The normalized spacial score (nSPS) is 22.1. The molecule has 0 unspecified atom stereocenters. The third-order valence-electron chi connectivity index (χ3n) is 7.50. The van der Waals surface area contributed by atoms with Crippen LogP contribution in [0.3, 0.4) is 0 Å². The number of pyridine rings is 1. The van der Waals surface area contributed by atoms with Crippen molar-refractivity contribution in [3.05, 3.63) is 46.6 Å². The van der Waals surface area contributed by atoms with Crippen molar-refractivity contribution in [1.82, 2.24) is 19.8 Å². The van der Waals surface area contributed by atoms with Gasteiger partial charge in [0.15, 0.2) is 0 Å². The van der Waals surface area contributed by atoms with E-state index >= 15 is 0 Å². The van der Waals surface area contributed by atoms with Gasteiger partial charge in [0.05, 0.1) is 40.3 Å². The number of thiazole rings is 1. The number of hydrogen-bond acceptors (Lipinski definition) is 8. The highest BCUT2D eigenvalue weighted by molar-refractivity contribution is 7.18. The highest BCUT2D eigenvalue weighted by atomic mass is 32.1. The number of ether oxygens (including phenoxy) is 1. The average molecular weight is 554 g/mol. The van der Waals surface area contributed by atoms with Crippen molar-refractivity contribution >= 4 is 45.0 Å². The van der Waals surface area contributed by atoms with Gasteiger partial charge >= 0.3 is 11.8 Å². The lowest BCUT2D eigenvalue weighted by molar-refractivity contribution is -0.146. The molecule has 11 heteroatoms. The first kappa shape index (κ1) is 23.3. The van der Waals surface area contributed by atoms with Crippen molar-refractivity contribution in [3.8, 4) is 5.88 Å². The molecule has 2 saturated heterocycles. The fraction of sp³-hybridized carbons (Fsp3) is 0.464. The summed E-state index contributed by atoms with van der Waals surface area (Å²) in [6.07, 6.45) is 4.39. The van der Waals surface area contributed by atoms with E-state index in [1.807, 2.05) is 25.1 Å². The SMILES string of the molecule is [2H]C([2H])([2H])N1CCC(c2nc3cc([C@H]4CC[C@H](C)CN4C(=O)C(=O)Nc4cnc(OC)c(C(N)=O)c4)ccc3s2)CC1. The van der Waals surface area contributed by atoms with Crippen LogP contribution in [-0.4, -0.2) is 71.2 Å². The number of methoxy groups -OCH3 is 1. The summed E-state index contributed by atoms with van der Waals surface area (Å²) < 4.78 is 29.0. The predicted octanol–water partition coefficient (Wildman–Crippen LogP) is 3.55. The Hall–Kier alpha value is -3.57. The number of likely N-dealkylation sites (tertiary alicyclic amines) is 2. The number of piperidine rings is 2. The molecule has 2 aromatic heterocycles. The number of anilines is 1. The smallest absolute Gasteiger partial charge is 0.313 e. The maximum Gasteiger partial charge on any atom is 0.313 e. The van der Waals surface area contributed by atoms with E-state index in [9.17, 15) is 14.4 Å². The Morgan fingerprint density at radius 2 is 1.97 bits per heavy atom. The standard InChI is InChI=1S/C28H34N6O4S/c1-16-4-6-22(18-5-7-23-21(12-18)32-27(39-23)17-8-10-33(2)11-9-17)34(15-16)28(37)25(36)31-19-13-20(24(29)35)26(38-3)30-14-19/h5,7,12-14,16-17,22H,4,6,8-11,15H2,1-3H3,(H2,29,35)(H,31,36)/t16-,22+/m0/s1/i2D3. The van der Waals surface area contributed by atoms with Gasteiger partial charge in [-0.15, -0.1) is 11.3 Å². The maximum atomic E-state index is 13.5. The van der Waals surface area contributed by atoms with E-state index < -0.39 is 24.7 Å². The topological polar surface area (TPSA) is 131 Å². The molecule has 10 nitrogen and oxygen atoms in total. The van der Waals surface area contributed by atoms with Gasteiger partial charge in [0.2, 0.25) is 5.88 Å². The molecule has 0 spiro atoms. The van der Waals surface area contributed by atoms with Gasteiger partial charge < -0.3 is 25.6 Å². The zero-order chi connectivity index (χ0) is 30.2. The molecule has 0 aliphatic carbocycles. The molecular formula is C28H34N6O4S. The molecule has 2 aliphatic heterocycles. The highest BCUT2D eigenvalue weighted by Crippen LogP contribution is 2.38. The fourth-order valence-electron chi connectivity index (χ4n) is 5.37. The number of nitrogens with one attached hydrogen (secondary N) is 1. The van der Waals surface area contributed by atoms with E-state index in [1.54, 1.807) is 21.1 Å². The van der Waals surface area contributed by atoms with Crippen LogP contribution in [0.1, 0.15) is 69.6 Å². The number of fused-ring (bicyclic) bond motifs is 1. The summed E-state index contributed by atoms with van der Waals surface area (Å²) in [6, 6.07) is 7.03. The summed E-state index contributed by atoms with van der Waals surface area (Å²) in [6.45, 7) is 1.43. The van der Waals surface area contributed by atoms with Gasteiger partial charge in [0.1, 0.15) is 5.56 Å². The zero-order valence-electron chi connectivity index (χ0n) is 25.0. The average Bonchev–Trinajstić information content (AvgIpc) is 3.40. The monoisotopic (exact) mass is 553 g/mol. The van der Waals surface area contributed by atoms with Gasteiger partial charge in [-0.2, -0.15) is 0 Å². The van der Waals surface area contributed by atoms with Crippen LogP contribution in [0.25, 0.3) is 10.2 Å². The summed E-state index contributed by atoms with van der Waals surface area (Å²) in [5, 5.41) is 3.55. The van der Waals surface area contributed by atoms with E-state index in [1.165, 1.54) is 19.4 Å². The first-order chi connectivity index (χ1) is 19.9. The molecule has 0 radical (unpaired) electrons. The van der Waals surface area contributed by atoms with Crippen LogP contribution in [0.5, 0.6) is 5.88 Å². The van der Waals surface area contributed by atoms with Crippen LogP contribution in [0.4, 0.5) is 5.69 Å². The quantitative estimate of drug-likeness (QED) is 0.462. The molecule has 1 aromatic carbocycles. The molecule has 2 aliphatic rings. The van der Waals surface area contributed by atoms with Crippen molar-refractivity contribution in [2.24, 2.45) is 11.7 Å². The number of aromatic nitrogens is 2. The van der Waals surface area contributed by atoms with Gasteiger partial charge in [-0.3, -0.25) is 14.4 Å². The van der Waals surface area contributed by atoms with E-state index in [0.717, 1.165) is 40.1 Å². The lowest BCUT2D eigenvalue weighted by Gasteiger charge is -2.38. The van der Waals surface area contributed by atoms with Gasteiger partial charge in [0.25, 0.3) is 5.91 Å². The number of primary amides is 1. The highest BCUT2D eigenvalue weighted by Gasteiger charge is 2.35. The number of nitrogens with two attached hydrogens (primary N) is 1. The first-order valence-electron chi connectivity index (χ1n) is 14.6. The minimum absolute atomic E-state index is 0.00835. The number of carbonyl (C=O) groups is 3. The Bertz CT molecular complexity index is 1500. The molecule has 0 bridgehead atoms. The summed E-state index contributed by atoms with van der Waals surface area (Å²) in [5.41, 5.74) is 7.29. The molecule has 2 atom stereocenters. The minimum Gasteiger partial charge on any atom is -0.480 e. The largest absolute Gasteiger partial charge is 0.480 e. The van der Waals surface area contributed by atoms with Crippen molar-refractivity contribution in [2.75, 3.05) is 39.0 Å². The zero-order valence-corrected chi connectivity index (χ0v) is 22.8. The van der Waals surface area contributed by atoms with E-state index in [-0.39, 0.29) is 35.0 Å². The number of rotatable bonds is 5. The molecule has 3 amide bonds. The lowest BCUT2D eigenvalue weighted by atomic mass is 9.89. The summed E-state index contributed by atoms with van der Waals surface area (Å²) in [5.74, 6) is -1.83. The molecular weight excluding hydrogens is 516 g/mol. The molecule has 0 saturated carbocycles. The molecule has 206 valence electrons. The Kier molecular flexibility index (Phi) is 6.74. The molecule has 3 aromatic rings. The summed E-state index contributed by atoms with van der Waals surface area (Å²) in [7, 11) is 1.35. The van der Waals surface area contributed by atoms with Crippen molar-refractivity contribution in [2.45, 2.75) is 44.6 Å². The third-order valence-corrected chi connectivity index (χ3v) is 8.70. The number of amides is 3. The maximum absolute atomic E-state index is 13.5. The van der Waals surface area contributed by atoms with Crippen molar-refractivity contribution < 1.29 is 23.2 Å². The molecule has 39 heavy (non-hydrogen) atoms. The van der Waals surface area contributed by atoms with Crippen LogP contribution >= 0.6 is 11.3 Å². The van der Waals surface area contributed by atoms with Gasteiger partial charge in [0, 0.05) is 16.6 Å². The van der Waals surface area contributed by atoms with E-state index in [2.05, 4.69) is 10.3 Å². The van der Waals surface area contributed by atoms with Crippen LogP contribution in [0.2, 0.25) is 0 Å². The second kappa shape index (κ2) is 11.3. The van der Waals surface area contributed by atoms with Crippen LogP contribution < -0.4 is 15.8 Å². The van der Waals surface area contributed by atoms with Gasteiger partial charge in [-0.25, -0.2) is 9.97 Å². The molecule has 3 N–H and O–H groups in total. The second-order valence-electron chi connectivity index (χ2n) is 10.3. The van der Waals surface area contributed by atoms with Crippen LogP contribution in [0.15, 0.2) is 30.5 Å². The fourth-order valence-corrected chi connectivity index (χ4v) is 6.49. The van der Waals surface area contributed by atoms with E-state index in [4.69, 9.17) is 19.6 Å². The predicted molar refractivity (Wildman–Crippen MR) is 150 cm³/mol. The third kappa shape index (κ3) is 5.74. The summed E-state index contributed by atoms with van der Waals surface area (Å²) in [4.78, 5) is 50.4. The van der Waals surface area contributed by atoms with Gasteiger partial charge in [-0.1, -0.05) is 13.0 Å². The van der Waals surface area contributed by atoms with Crippen LogP contribution in [0, 0.1) is 5.92 Å². The van der Waals surface area contributed by atoms with Crippen LogP contribution in [-0.2, 0) is 9.59 Å². The summed E-state index contributed by atoms with van der Waals surface area (Å²) >= 11 is 1.62. The molecule has 5 rings (SSSR count). The number of benzene rings is 1. The molecule has 2 fully saturated rings. The molecule has 4 heterocycles. The van der Waals surface area contributed by atoms with Crippen molar-refractivity contribution in [1.29, 1.82) is 0 Å². The Morgan fingerprint density at radius 1 is 1.18 bits per heavy atom. The Labute approximate surface area is 235 Å². The first-order valence-corrected chi connectivity index (χ1v) is 13.9. The number of carbonyl (C=O) groups excluding carboxylic acids is 3. The van der Waals surface area contributed by atoms with E-state index in [0.29, 0.717) is 26.1 Å². The van der Waals surface area contributed by atoms with Crippen molar-refractivity contribution in [3.63, 3.8) is 0 Å². The number of hydrogen-bond donors (Lipinski definition) is 2. The second-order valence-corrected chi connectivity index (χ2v) is 11.4. The Balaban J connectivity index is 1.33. The minimum atomic E-state index is -2.07. The van der Waals surface area contributed by atoms with Gasteiger partial charge in [-0.05, 0) is 75.4 Å². The number of nitrogens with zero attached hydrogens (tertiary/aromatic N) is 4.